The molecule has 1 heterocycles. The van der Waals surface area contributed by atoms with Crippen LogP contribution in [-0.2, 0) is 0 Å². The molecule has 2 rings (SSSR count). The van der Waals surface area contributed by atoms with Crippen LogP contribution in [-0.4, -0.2) is 35.1 Å². The van der Waals surface area contributed by atoms with E-state index in [0.717, 1.165) is 25.7 Å². The molecule has 0 saturated carbocycles. The number of likely N-dealkylation sites (tertiary alicyclic amines) is 1. The maximum Gasteiger partial charge on any atom is 0.255 e. The first-order valence-electron chi connectivity index (χ1n) is 6.71. The first-order chi connectivity index (χ1) is 9.54. The van der Waals surface area contributed by atoms with Gasteiger partial charge in [-0.05, 0) is 25.0 Å². The van der Waals surface area contributed by atoms with E-state index in [-0.39, 0.29) is 28.6 Å². The number of rotatable bonds is 2. The van der Waals surface area contributed by atoms with Crippen molar-refractivity contribution in [3.8, 4) is 0 Å². The standard InChI is InChI=1S/C14H18Cl2N2O2/c15-12-7-9(17)6-11(13(12)16)14(20)18-5-3-1-2-4-10(18)8-19/h6-7,10,19H,1-5,8,17H2. The molecule has 3 N–H and O–H groups in total. The summed E-state index contributed by atoms with van der Waals surface area (Å²) < 4.78 is 0. The highest BCUT2D eigenvalue weighted by Gasteiger charge is 2.27. The highest BCUT2D eigenvalue weighted by Crippen LogP contribution is 2.31. The van der Waals surface area contributed by atoms with Gasteiger partial charge in [0.2, 0.25) is 0 Å². The van der Waals surface area contributed by atoms with Crippen molar-refractivity contribution in [1.82, 2.24) is 4.90 Å². The maximum atomic E-state index is 12.7. The van der Waals surface area contributed by atoms with Crippen LogP contribution in [0.4, 0.5) is 5.69 Å². The van der Waals surface area contributed by atoms with Gasteiger partial charge in [0.15, 0.2) is 0 Å². The Kier molecular flexibility index (Phi) is 5.13. The molecular formula is C14H18Cl2N2O2. The Balaban J connectivity index is 2.33. The van der Waals surface area contributed by atoms with Crippen molar-refractivity contribution >= 4 is 34.8 Å². The van der Waals surface area contributed by atoms with Crippen molar-refractivity contribution in [2.24, 2.45) is 0 Å². The largest absolute Gasteiger partial charge is 0.399 e. The molecule has 1 unspecified atom stereocenters. The number of nitrogen functional groups attached to an aromatic ring is 1. The lowest BCUT2D eigenvalue weighted by molar-refractivity contribution is 0.0600. The highest BCUT2D eigenvalue weighted by atomic mass is 35.5. The van der Waals surface area contributed by atoms with E-state index in [1.54, 1.807) is 4.90 Å². The Labute approximate surface area is 128 Å². The third-order valence-corrected chi connectivity index (χ3v) is 4.43. The van der Waals surface area contributed by atoms with Crippen LogP contribution in [0.15, 0.2) is 12.1 Å². The molecule has 1 aromatic carbocycles. The van der Waals surface area contributed by atoms with E-state index in [1.807, 2.05) is 0 Å². The van der Waals surface area contributed by atoms with Crippen LogP contribution in [0.1, 0.15) is 36.0 Å². The van der Waals surface area contributed by atoms with Crippen LogP contribution >= 0.6 is 23.2 Å². The summed E-state index contributed by atoms with van der Waals surface area (Å²) in [6, 6.07) is 2.89. The SMILES string of the molecule is Nc1cc(Cl)c(Cl)c(C(=O)N2CCCCCC2CO)c1. The molecule has 20 heavy (non-hydrogen) atoms. The van der Waals surface area contributed by atoms with Gasteiger partial charge >= 0.3 is 0 Å². The Bertz CT molecular complexity index is 508. The van der Waals surface area contributed by atoms with Gasteiger partial charge in [-0.1, -0.05) is 36.0 Å². The molecule has 1 fully saturated rings. The topological polar surface area (TPSA) is 66.6 Å². The minimum atomic E-state index is -0.217. The first-order valence-corrected chi connectivity index (χ1v) is 7.46. The minimum absolute atomic E-state index is 0.0423. The van der Waals surface area contributed by atoms with E-state index in [1.165, 1.54) is 12.1 Å². The summed E-state index contributed by atoms with van der Waals surface area (Å²) in [5.74, 6) is -0.217. The third kappa shape index (κ3) is 3.19. The summed E-state index contributed by atoms with van der Waals surface area (Å²) in [5.41, 5.74) is 6.43. The van der Waals surface area contributed by atoms with Crippen LogP contribution in [0, 0.1) is 0 Å². The molecule has 6 heteroatoms. The molecule has 1 aromatic rings. The van der Waals surface area contributed by atoms with Crippen LogP contribution in [0.5, 0.6) is 0 Å². The molecule has 0 aliphatic carbocycles. The number of aliphatic hydroxyl groups is 1. The van der Waals surface area contributed by atoms with Crippen molar-refractivity contribution in [3.63, 3.8) is 0 Å². The van der Waals surface area contributed by atoms with E-state index in [2.05, 4.69) is 0 Å². The summed E-state index contributed by atoms with van der Waals surface area (Å²) in [6.07, 6.45) is 3.80. The van der Waals surface area contributed by atoms with Gasteiger partial charge in [0.25, 0.3) is 5.91 Å². The van der Waals surface area contributed by atoms with Gasteiger partial charge in [-0.15, -0.1) is 0 Å². The number of aliphatic hydroxyl groups excluding tert-OH is 1. The van der Waals surface area contributed by atoms with Gasteiger partial charge in [0.1, 0.15) is 0 Å². The Morgan fingerprint density at radius 1 is 1.35 bits per heavy atom. The molecule has 0 radical (unpaired) electrons. The molecule has 1 saturated heterocycles. The second kappa shape index (κ2) is 6.66. The second-order valence-electron chi connectivity index (χ2n) is 5.05. The summed E-state index contributed by atoms with van der Waals surface area (Å²) in [5, 5.41) is 9.97. The number of hydrogen-bond acceptors (Lipinski definition) is 3. The number of halogens is 2. The predicted octanol–water partition coefficient (Wildman–Crippen LogP) is 2.95. The monoisotopic (exact) mass is 316 g/mol. The number of benzene rings is 1. The summed E-state index contributed by atoms with van der Waals surface area (Å²) in [6.45, 7) is 0.576. The molecule has 0 bridgehead atoms. The Hall–Kier alpha value is -0.970. The molecular weight excluding hydrogens is 299 g/mol. The smallest absolute Gasteiger partial charge is 0.255 e. The van der Waals surface area contributed by atoms with Crippen molar-refractivity contribution in [2.75, 3.05) is 18.9 Å². The number of nitrogens with two attached hydrogens (primary N) is 1. The predicted molar refractivity (Wildman–Crippen MR) is 81.3 cm³/mol. The molecule has 0 aromatic heterocycles. The van der Waals surface area contributed by atoms with Crippen LogP contribution in [0.3, 0.4) is 0 Å². The van der Waals surface area contributed by atoms with E-state index in [4.69, 9.17) is 28.9 Å². The van der Waals surface area contributed by atoms with Gasteiger partial charge in [0.05, 0.1) is 28.3 Å². The summed E-state index contributed by atoms with van der Waals surface area (Å²) in [7, 11) is 0. The average Bonchev–Trinajstić information content (AvgIpc) is 2.67. The van der Waals surface area contributed by atoms with E-state index in [9.17, 15) is 9.90 Å². The van der Waals surface area contributed by atoms with E-state index >= 15 is 0 Å². The zero-order valence-electron chi connectivity index (χ0n) is 11.1. The maximum absolute atomic E-state index is 12.7. The molecule has 1 aliphatic heterocycles. The van der Waals surface area contributed by atoms with Gasteiger partial charge in [-0.25, -0.2) is 0 Å². The third-order valence-electron chi connectivity index (χ3n) is 3.63. The lowest BCUT2D eigenvalue weighted by Gasteiger charge is -2.29. The van der Waals surface area contributed by atoms with Crippen LogP contribution in [0.25, 0.3) is 0 Å². The minimum Gasteiger partial charge on any atom is -0.399 e. The molecule has 1 amide bonds. The van der Waals surface area contributed by atoms with Crippen LogP contribution in [0.2, 0.25) is 10.0 Å². The van der Waals surface area contributed by atoms with Crippen molar-refractivity contribution in [3.05, 3.63) is 27.7 Å². The van der Waals surface area contributed by atoms with E-state index < -0.39 is 0 Å². The zero-order valence-corrected chi connectivity index (χ0v) is 12.6. The summed E-state index contributed by atoms with van der Waals surface area (Å²) >= 11 is 12.1. The van der Waals surface area contributed by atoms with Crippen LogP contribution < -0.4 is 5.73 Å². The number of anilines is 1. The molecule has 110 valence electrons. The van der Waals surface area contributed by atoms with Gasteiger partial charge in [-0.2, -0.15) is 0 Å². The molecule has 1 aliphatic rings. The molecule has 4 nitrogen and oxygen atoms in total. The van der Waals surface area contributed by atoms with Crippen molar-refractivity contribution < 1.29 is 9.90 Å². The van der Waals surface area contributed by atoms with Crippen molar-refractivity contribution in [2.45, 2.75) is 31.7 Å². The van der Waals surface area contributed by atoms with E-state index in [0.29, 0.717) is 17.8 Å². The average molecular weight is 317 g/mol. The summed E-state index contributed by atoms with van der Waals surface area (Å²) in [4.78, 5) is 14.3. The zero-order chi connectivity index (χ0) is 14.7. The van der Waals surface area contributed by atoms with Crippen molar-refractivity contribution in [1.29, 1.82) is 0 Å². The number of carbonyl (C=O) groups is 1. The number of amides is 1. The molecule has 0 spiro atoms. The Morgan fingerprint density at radius 3 is 2.80 bits per heavy atom. The number of nitrogens with zero attached hydrogens (tertiary/aromatic N) is 1. The second-order valence-corrected chi connectivity index (χ2v) is 5.83. The Morgan fingerprint density at radius 2 is 2.10 bits per heavy atom. The normalized spacial score (nSPS) is 19.8. The first kappa shape index (κ1) is 15.4. The highest BCUT2D eigenvalue weighted by molar-refractivity contribution is 6.44. The van der Waals surface area contributed by atoms with Gasteiger partial charge in [0, 0.05) is 12.2 Å². The van der Waals surface area contributed by atoms with Gasteiger partial charge < -0.3 is 15.7 Å². The fraction of sp³-hybridized carbons (Fsp3) is 0.500. The number of hydrogen-bond donors (Lipinski definition) is 2. The lowest BCUT2D eigenvalue weighted by atomic mass is 10.1. The molecule has 1 atom stereocenters. The quantitative estimate of drug-likeness (QED) is 0.824. The fourth-order valence-electron chi connectivity index (χ4n) is 2.55. The number of carbonyl (C=O) groups excluding carboxylic acids is 1. The van der Waals surface area contributed by atoms with Gasteiger partial charge in [-0.3, -0.25) is 4.79 Å². The lowest BCUT2D eigenvalue weighted by Crippen LogP contribution is -2.42. The fourth-order valence-corrected chi connectivity index (χ4v) is 2.97.